The van der Waals surface area contributed by atoms with Crippen molar-refractivity contribution in [3.8, 4) is 0 Å². The molecule has 6 heteroatoms. The van der Waals surface area contributed by atoms with E-state index in [0.29, 0.717) is 30.9 Å². The van der Waals surface area contributed by atoms with Crippen LogP contribution >= 0.6 is 12.2 Å². The zero-order valence-corrected chi connectivity index (χ0v) is 17.8. The van der Waals surface area contributed by atoms with Crippen LogP contribution in [0, 0.1) is 12.8 Å². The Hall–Kier alpha value is -2.21. The summed E-state index contributed by atoms with van der Waals surface area (Å²) >= 11 is 4.64. The third-order valence-corrected chi connectivity index (χ3v) is 6.80. The van der Waals surface area contributed by atoms with Gasteiger partial charge in [-0.3, -0.25) is 4.79 Å². The molecule has 0 amide bonds. The van der Waals surface area contributed by atoms with E-state index in [9.17, 15) is 9.59 Å². The molecule has 1 heterocycles. The van der Waals surface area contributed by atoms with Crippen LogP contribution in [-0.2, 0) is 27.3 Å². The maximum absolute atomic E-state index is 12.5. The van der Waals surface area contributed by atoms with Gasteiger partial charge < -0.3 is 14.8 Å². The molecular weight excluding hydrogens is 386 g/mol. The van der Waals surface area contributed by atoms with Crippen molar-refractivity contribution in [2.24, 2.45) is 5.92 Å². The summed E-state index contributed by atoms with van der Waals surface area (Å²) in [5, 5.41) is 3.31. The summed E-state index contributed by atoms with van der Waals surface area (Å²) in [7, 11) is 1.88. The quantitative estimate of drug-likeness (QED) is 0.413. The SMILES string of the molecule is CNc1c(CC2=CCC(C(=O)OC=S)C2)c(C2CCCC2)c(C)c2c1C(=O)OC2. The zero-order chi connectivity index (χ0) is 20.5. The van der Waals surface area contributed by atoms with Crippen molar-refractivity contribution in [3.05, 3.63) is 39.5 Å². The van der Waals surface area contributed by atoms with Crippen LogP contribution < -0.4 is 5.32 Å². The van der Waals surface area contributed by atoms with E-state index in [-0.39, 0.29) is 17.9 Å². The van der Waals surface area contributed by atoms with Gasteiger partial charge in [-0.05, 0) is 73.9 Å². The number of anilines is 1. The number of hydrogen-bond acceptors (Lipinski definition) is 6. The lowest BCUT2D eigenvalue weighted by atomic mass is 9.81. The molecule has 1 atom stereocenters. The molecule has 3 aliphatic rings. The lowest BCUT2D eigenvalue weighted by molar-refractivity contribution is -0.139. The summed E-state index contributed by atoms with van der Waals surface area (Å²) in [6.07, 6.45) is 9.12. The first kappa shape index (κ1) is 20.1. The second-order valence-corrected chi connectivity index (χ2v) is 8.45. The molecule has 0 aromatic heterocycles. The summed E-state index contributed by atoms with van der Waals surface area (Å²) in [5.41, 5.74) is 8.68. The fourth-order valence-corrected chi connectivity index (χ4v) is 5.44. The number of nitrogens with one attached hydrogen (secondary N) is 1. The fourth-order valence-electron chi connectivity index (χ4n) is 5.34. The normalized spacial score (nSPS) is 21.0. The highest BCUT2D eigenvalue weighted by atomic mass is 32.1. The number of carbonyl (C=O) groups excluding carboxylic acids is 2. The number of allylic oxidation sites excluding steroid dienone is 2. The Morgan fingerprint density at radius 2 is 2.14 bits per heavy atom. The van der Waals surface area contributed by atoms with Crippen molar-refractivity contribution in [3.63, 3.8) is 0 Å². The van der Waals surface area contributed by atoms with Crippen LogP contribution in [0.5, 0.6) is 0 Å². The predicted molar refractivity (Wildman–Crippen MR) is 115 cm³/mol. The van der Waals surface area contributed by atoms with Crippen LogP contribution in [0.1, 0.15) is 77.1 Å². The van der Waals surface area contributed by atoms with Crippen molar-refractivity contribution >= 4 is 35.4 Å². The van der Waals surface area contributed by atoms with E-state index in [0.717, 1.165) is 23.2 Å². The average Bonchev–Trinajstić information content (AvgIpc) is 3.45. The Bertz CT molecular complexity index is 899. The van der Waals surface area contributed by atoms with Gasteiger partial charge in [-0.25, -0.2) is 4.79 Å². The maximum Gasteiger partial charge on any atom is 0.341 e. The molecule has 0 saturated heterocycles. The number of fused-ring (bicyclic) bond motifs is 1. The average molecular weight is 414 g/mol. The highest BCUT2D eigenvalue weighted by Crippen LogP contribution is 2.46. The van der Waals surface area contributed by atoms with E-state index in [1.54, 1.807) is 0 Å². The molecule has 4 rings (SSSR count). The number of hydrogen-bond donors (Lipinski definition) is 1. The van der Waals surface area contributed by atoms with Crippen LogP contribution in [0.3, 0.4) is 0 Å². The second-order valence-electron chi connectivity index (χ2n) is 8.26. The molecular formula is C23H27NO4S. The molecule has 1 aliphatic heterocycles. The molecule has 0 bridgehead atoms. The van der Waals surface area contributed by atoms with E-state index in [1.807, 2.05) is 7.05 Å². The van der Waals surface area contributed by atoms with Crippen molar-refractivity contribution in [1.82, 2.24) is 0 Å². The van der Waals surface area contributed by atoms with Gasteiger partial charge in [0.1, 0.15) is 6.61 Å². The molecule has 1 unspecified atom stereocenters. The number of carbonyl (C=O) groups is 2. The smallest absolute Gasteiger partial charge is 0.341 e. The molecule has 1 aromatic carbocycles. The summed E-state index contributed by atoms with van der Waals surface area (Å²) in [6.45, 7) is 2.50. The van der Waals surface area contributed by atoms with Gasteiger partial charge in [-0.1, -0.05) is 24.5 Å². The summed E-state index contributed by atoms with van der Waals surface area (Å²) in [4.78, 5) is 24.5. The van der Waals surface area contributed by atoms with Crippen LogP contribution in [0.2, 0.25) is 0 Å². The number of rotatable bonds is 6. The second kappa shape index (κ2) is 8.27. The molecule has 29 heavy (non-hydrogen) atoms. The minimum absolute atomic E-state index is 0.169. The lowest BCUT2D eigenvalue weighted by Gasteiger charge is -2.25. The van der Waals surface area contributed by atoms with E-state index in [4.69, 9.17) is 9.47 Å². The first-order chi connectivity index (χ1) is 14.0. The molecule has 154 valence electrons. The van der Waals surface area contributed by atoms with Crippen molar-refractivity contribution in [1.29, 1.82) is 0 Å². The van der Waals surface area contributed by atoms with E-state index in [1.165, 1.54) is 47.9 Å². The Labute approximate surface area is 176 Å². The van der Waals surface area contributed by atoms with Crippen LogP contribution in [0.15, 0.2) is 11.6 Å². The van der Waals surface area contributed by atoms with Gasteiger partial charge in [0.15, 0.2) is 5.55 Å². The molecule has 2 aliphatic carbocycles. The van der Waals surface area contributed by atoms with Crippen molar-refractivity contribution < 1.29 is 19.1 Å². The van der Waals surface area contributed by atoms with Gasteiger partial charge in [-0.15, -0.1) is 0 Å². The Morgan fingerprint density at radius 3 is 2.83 bits per heavy atom. The molecule has 1 aromatic rings. The third kappa shape index (κ3) is 3.59. The summed E-state index contributed by atoms with van der Waals surface area (Å²) in [6, 6.07) is 0. The summed E-state index contributed by atoms with van der Waals surface area (Å²) < 4.78 is 10.3. The molecule has 1 fully saturated rings. The van der Waals surface area contributed by atoms with Gasteiger partial charge >= 0.3 is 11.9 Å². The van der Waals surface area contributed by atoms with Gasteiger partial charge in [-0.2, -0.15) is 0 Å². The molecule has 1 saturated carbocycles. The third-order valence-electron chi connectivity index (χ3n) is 6.70. The predicted octanol–water partition coefficient (Wildman–Crippen LogP) is 4.74. The van der Waals surface area contributed by atoms with Gasteiger partial charge in [0.05, 0.1) is 17.2 Å². The van der Waals surface area contributed by atoms with E-state index >= 15 is 0 Å². The first-order valence-corrected chi connectivity index (χ1v) is 10.9. The molecule has 0 spiro atoms. The van der Waals surface area contributed by atoms with E-state index < -0.39 is 0 Å². The van der Waals surface area contributed by atoms with E-state index in [2.05, 4.69) is 30.5 Å². The standard InChI is InChI=1S/C23H27NO4S/c1-13-18-11-27-23(26)20(18)21(24-2)17(19(13)15-5-3-4-6-15)10-14-7-8-16(9-14)22(25)28-12-29/h7,12,15-16,24H,3-6,8-11H2,1-2H3. The maximum atomic E-state index is 12.5. The molecule has 5 nitrogen and oxygen atoms in total. The van der Waals surface area contributed by atoms with Crippen LogP contribution in [0.25, 0.3) is 0 Å². The van der Waals surface area contributed by atoms with Gasteiger partial charge in [0.25, 0.3) is 0 Å². The number of esters is 2. The Morgan fingerprint density at radius 1 is 1.38 bits per heavy atom. The van der Waals surface area contributed by atoms with Crippen LogP contribution in [0.4, 0.5) is 5.69 Å². The Kier molecular flexibility index (Phi) is 5.72. The number of benzene rings is 1. The number of cyclic esters (lactones) is 1. The van der Waals surface area contributed by atoms with Crippen LogP contribution in [-0.4, -0.2) is 24.5 Å². The molecule has 0 radical (unpaired) electrons. The highest BCUT2D eigenvalue weighted by molar-refractivity contribution is 7.78. The van der Waals surface area contributed by atoms with Gasteiger partial charge in [0.2, 0.25) is 0 Å². The highest BCUT2D eigenvalue weighted by Gasteiger charge is 2.35. The lowest BCUT2D eigenvalue weighted by Crippen LogP contribution is -2.15. The number of ether oxygens (including phenoxy) is 2. The van der Waals surface area contributed by atoms with Crippen molar-refractivity contribution in [2.75, 3.05) is 12.4 Å². The van der Waals surface area contributed by atoms with Gasteiger partial charge in [0, 0.05) is 12.6 Å². The first-order valence-electron chi connectivity index (χ1n) is 10.4. The zero-order valence-electron chi connectivity index (χ0n) is 17.0. The molecule has 1 N–H and O–H groups in total. The fraction of sp³-hybridized carbons (Fsp3) is 0.522. The summed E-state index contributed by atoms with van der Waals surface area (Å²) in [5.74, 6) is -0.146. The monoisotopic (exact) mass is 413 g/mol. The largest absolute Gasteiger partial charge is 0.457 e. The van der Waals surface area contributed by atoms with Crippen molar-refractivity contribution in [2.45, 2.75) is 64.4 Å². The topological polar surface area (TPSA) is 64.6 Å². The minimum atomic E-state index is -0.259. The Balaban J connectivity index is 1.73. The number of thiocarbonyl (C=S) groups is 1. The minimum Gasteiger partial charge on any atom is -0.457 e.